The van der Waals surface area contributed by atoms with Crippen LogP contribution < -0.4 is 10.6 Å². The molecular weight excluding hydrogens is 519 g/mol. The lowest BCUT2D eigenvalue weighted by Crippen LogP contribution is -2.51. The van der Waals surface area contributed by atoms with Crippen molar-refractivity contribution in [1.82, 2.24) is 25.4 Å². The Morgan fingerprint density at radius 2 is 2.09 bits per heavy atom. The van der Waals surface area contributed by atoms with Crippen molar-refractivity contribution >= 4 is 29.9 Å². The molecule has 0 aliphatic carbocycles. The fraction of sp³-hybridized carbons (Fsp3) is 0.609. The van der Waals surface area contributed by atoms with Crippen LogP contribution in [0.25, 0.3) is 0 Å². The van der Waals surface area contributed by atoms with Gasteiger partial charge in [-0.3, -0.25) is 4.99 Å². The van der Waals surface area contributed by atoms with E-state index in [2.05, 4.69) is 56.9 Å². The number of ether oxygens (including phenoxy) is 2. The molecule has 4 rings (SSSR count). The van der Waals surface area contributed by atoms with E-state index >= 15 is 0 Å². The third kappa shape index (κ3) is 5.60. The van der Waals surface area contributed by atoms with Crippen LogP contribution in [0.4, 0.5) is 0 Å². The first-order valence-corrected chi connectivity index (χ1v) is 11.2. The monoisotopic (exact) mass is 554 g/mol. The second-order valence-corrected chi connectivity index (χ2v) is 8.57. The van der Waals surface area contributed by atoms with Gasteiger partial charge >= 0.3 is 0 Å². The zero-order valence-electron chi connectivity index (χ0n) is 19.3. The molecule has 2 aromatic rings. The van der Waals surface area contributed by atoms with E-state index in [-0.39, 0.29) is 35.4 Å². The molecule has 1 aromatic carbocycles. The highest BCUT2D eigenvalue weighted by Gasteiger charge is 2.35. The summed E-state index contributed by atoms with van der Waals surface area (Å²) < 4.78 is 12.9. The number of methoxy groups -OCH3 is 1. The minimum Gasteiger partial charge on any atom is -0.381 e. The summed E-state index contributed by atoms with van der Waals surface area (Å²) in [5, 5.41) is 11.8. The quantitative estimate of drug-likeness (QED) is 0.325. The van der Waals surface area contributed by atoms with E-state index < -0.39 is 0 Å². The van der Waals surface area contributed by atoms with Crippen molar-refractivity contribution in [3.05, 3.63) is 47.0 Å². The zero-order chi connectivity index (χ0) is 21.7. The normalized spacial score (nSPS) is 20.2. The first-order chi connectivity index (χ1) is 15.1. The topological polar surface area (TPSA) is 85.6 Å². The highest BCUT2D eigenvalue weighted by atomic mass is 127. The molecular formula is C23H35IN6O2. The van der Waals surface area contributed by atoms with Gasteiger partial charge < -0.3 is 20.1 Å². The van der Waals surface area contributed by atoms with Gasteiger partial charge in [-0.05, 0) is 37.3 Å². The van der Waals surface area contributed by atoms with Crippen LogP contribution in [0.3, 0.4) is 0 Å². The van der Waals surface area contributed by atoms with Gasteiger partial charge in [0.1, 0.15) is 12.4 Å². The molecule has 1 atom stereocenters. The summed E-state index contributed by atoms with van der Waals surface area (Å²) in [5.41, 5.74) is 2.81. The number of benzene rings is 1. The molecule has 176 valence electrons. The fourth-order valence-corrected chi connectivity index (χ4v) is 4.78. The van der Waals surface area contributed by atoms with Crippen molar-refractivity contribution in [2.45, 2.75) is 57.2 Å². The molecule has 32 heavy (non-hydrogen) atoms. The van der Waals surface area contributed by atoms with Crippen LogP contribution in [-0.2, 0) is 34.5 Å². The van der Waals surface area contributed by atoms with Crippen LogP contribution in [0.5, 0.6) is 0 Å². The number of aliphatic imine (C=N–C) groups is 1. The Morgan fingerprint density at radius 3 is 2.81 bits per heavy atom. The highest BCUT2D eigenvalue weighted by molar-refractivity contribution is 14.0. The molecule has 8 nitrogen and oxygen atoms in total. The average molecular weight is 554 g/mol. The summed E-state index contributed by atoms with van der Waals surface area (Å²) in [7, 11) is 3.50. The summed E-state index contributed by atoms with van der Waals surface area (Å²) in [6.07, 6.45) is 3.92. The molecule has 0 saturated carbocycles. The molecule has 1 unspecified atom stereocenters. The molecule has 0 radical (unpaired) electrons. The molecule has 0 bridgehead atoms. The van der Waals surface area contributed by atoms with E-state index in [1.54, 1.807) is 7.11 Å². The summed E-state index contributed by atoms with van der Waals surface area (Å²) >= 11 is 0. The van der Waals surface area contributed by atoms with Crippen LogP contribution in [0.2, 0.25) is 0 Å². The van der Waals surface area contributed by atoms with E-state index in [4.69, 9.17) is 9.47 Å². The van der Waals surface area contributed by atoms with Crippen LogP contribution in [0.15, 0.2) is 29.3 Å². The Bertz CT molecular complexity index is 910. The Labute approximate surface area is 207 Å². The lowest BCUT2D eigenvalue weighted by atomic mass is 9.72. The summed E-state index contributed by atoms with van der Waals surface area (Å²) in [6, 6.07) is 8.99. The van der Waals surface area contributed by atoms with Gasteiger partial charge in [0.25, 0.3) is 0 Å². The van der Waals surface area contributed by atoms with Crippen molar-refractivity contribution in [3.8, 4) is 0 Å². The number of nitrogens with one attached hydrogen (secondary N) is 2. The van der Waals surface area contributed by atoms with Crippen molar-refractivity contribution in [3.63, 3.8) is 0 Å². The molecule has 3 heterocycles. The molecule has 1 saturated heterocycles. The van der Waals surface area contributed by atoms with E-state index in [1.807, 2.05) is 11.7 Å². The molecule has 2 aliphatic rings. The SMILES string of the molecule is CN=C(NCC1(c2ccccc2C)CCOCC1)NC1CCc2nc(COC)nn2C1.I. The lowest BCUT2D eigenvalue weighted by molar-refractivity contribution is 0.0511. The van der Waals surface area contributed by atoms with Crippen molar-refractivity contribution in [1.29, 1.82) is 0 Å². The fourth-order valence-electron chi connectivity index (χ4n) is 4.78. The first-order valence-electron chi connectivity index (χ1n) is 11.2. The van der Waals surface area contributed by atoms with Crippen LogP contribution in [-0.4, -0.2) is 60.7 Å². The minimum atomic E-state index is 0. The average Bonchev–Trinajstić information content (AvgIpc) is 3.19. The number of fused-ring (bicyclic) bond motifs is 1. The van der Waals surface area contributed by atoms with Crippen LogP contribution >= 0.6 is 24.0 Å². The van der Waals surface area contributed by atoms with E-state index in [0.717, 1.165) is 69.6 Å². The number of aromatic nitrogens is 3. The number of rotatable bonds is 6. The third-order valence-electron chi connectivity index (χ3n) is 6.50. The van der Waals surface area contributed by atoms with Gasteiger partial charge in [-0.15, -0.1) is 24.0 Å². The first kappa shape index (κ1) is 24.9. The largest absolute Gasteiger partial charge is 0.381 e. The van der Waals surface area contributed by atoms with Gasteiger partial charge in [0.2, 0.25) is 0 Å². The molecule has 0 amide bonds. The van der Waals surface area contributed by atoms with Crippen molar-refractivity contribution < 1.29 is 9.47 Å². The lowest BCUT2D eigenvalue weighted by Gasteiger charge is -2.39. The second kappa shape index (κ2) is 11.4. The maximum atomic E-state index is 5.70. The Hall–Kier alpha value is -1.72. The Kier molecular flexibility index (Phi) is 8.89. The number of guanidine groups is 1. The molecule has 2 N–H and O–H groups in total. The predicted octanol–water partition coefficient (Wildman–Crippen LogP) is 2.58. The standard InChI is InChI=1S/C23H34N6O2.HI/c1-17-6-4-5-7-19(17)23(10-12-31-13-11-23)16-25-22(24-2)26-18-8-9-21-27-20(15-30-3)28-29(21)14-18;/h4-7,18H,8-16H2,1-3H3,(H2,24,25,26);1H. The van der Waals surface area contributed by atoms with Crippen molar-refractivity contribution in [2.75, 3.05) is 33.9 Å². The van der Waals surface area contributed by atoms with Crippen LogP contribution in [0, 0.1) is 6.92 Å². The number of nitrogens with zero attached hydrogens (tertiary/aromatic N) is 4. The third-order valence-corrected chi connectivity index (χ3v) is 6.50. The molecule has 0 spiro atoms. The Morgan fingerprint density at radius 1 is 1.31 bits per heavy atom. The highest BCUT2D eigenvalue weighted by Crippen LogP contribution is 2.36. The van der Waals surface area contributed by atoms with Gasteiger partial charge in [-0.2, -0.15) is 5.10 Å². The van der Waals surface area contributed by atoms with Crippen molar-refractivity contribution in [2.24, 2.45) is 4.99 Å². The smallest absolute Gasteiger partial charge is 0.191 e. The maximum absolute atomic E-state index is 5.70. The number of halogens is 1. The number of hydrogen-bond acceptors (Lipinski definition) is 5. The molecule has 9 heteroatoms. The van der Waals surface area contributed by atoms with Gasteiger partial charge in [0.05, 0.1) is 6.54 Å². The van der Waals surface area contributed by atoms with Crippen LogP contribution in [0.1, 0.15) is 42.0 Å². The molecule has 1 aromatic heterocycles. The van der Waals surface area contributed by atoms with E-state index in [1.165, 1.54) is 11.1 Å². The number of hydrogen-bond donors (Lipinski definition) is 2. The summed E-state index contributed by atoms with van der Waals surface area (Å²) in [4.78, 5) is 9.07. The van der Waals surface area contributed by atoms with Gasteiger partial charge in [-0.25, -0.2) is 9.67 Å². The maximum Gasteiger partial charge on any atom is 0.191 e. The van der Waals surface area contributed by atoms with Gasteiger partial charge in [0, 0.05) is 51.8 Å². The summed E-state index contributed by atoms with van der Waals surface area (Å²) in [5.74, 6) is 2.62. The van der Waals surface area contributed by atoms with E-state index in [0.29, 0.717) is 6.61 Å². The number of aryl methyl sites for hydroxylation is 2. The Balaban J connectivity index is 0.00000289. The molecule has 2 aliphatic heterocycles. The van der Waals surface area contributed by atoms with E-state index in [9.17, 15) is 0 Å². The van der Waals surface area contributed by atoms with Gasteiger partial charge in [-0.1, -0.05) is 24.3 Å². The predicted molar refractivity (Wildman–Crippen MR) is 136 cm³/mol. The summed E-state index contributed by atoms with van der Waals surface area (Å²) in [6.45, 7) is 5.86. The minimum absolute atomic E-state index is 0. The second-order valence-electron chi connectivity index (χ2n) is 8.57. The molecule has 1 fully saturated rings. The zero-order valence-corrected chi connectivity index (χ0v) is 21.6. The van der Waals surface area contributed by atoms with Gasteiger partial charge in [0.15, 0.2) is 11.8 Å².